The van der Waals surface area contributed by atoms with E-state index in [-0.39, 0.29) is 6.61 Å². The van der Waals surface area contributed by atoms with Crippen LogP contribution in [0.25, 0.3) is 11.5 Å². The lowest BCUT2D eigenvalue weighted by atomic mass is 10.1. The summed E-state index contributed by atoms with van der Waals surface area (Å²) in [5.41, 5.74) is 3.14. The van der Waals surface area contributed by atoms with Gasteiger partial charge in [0.15, 0.2) is 6.61 Å². The third-order valence-corrected chi connectivity index (χ3v) is 4.51. The monoisotopic (exact) mass is 387 g/mol. The van der Waals surface area contributed by atoms with Crippen molar-refractivity contribution in [1.29, 1.82) is 0 Å². The van der Waals surface area contributed by atoms with Crippen LogP contribution in [-0.4, -0.2) is 27.2 Å². The number of aromatic nitrogens is 4. The van der Waals surface area contributed by atoms with Gasteiger partial charge < -0.3 is 14.2 Å². The number of anilines is 1. The van der Waals surface area contributed by atoms with Gasteiger partial charge in [0.1, 0.15) is 11.6 Å². The number of pyridine rings is 2. The first kappa shape index (κ1) is 18.6. The van der Waals surface area contributed by atoms with Crippen LogP contribution in [0.4, 0.5) is 5.82 Å². The van der Waals surface area contributed by atoms with E-state index in [4.69, 9.17) is 9.26 Å². The topological polar surface area (TPSA) is 77.2 Å². The van der Waals surface area contributed by atoms with Crippen molar-refractivity contribution in [3.05, 3.63) is 84.1 Å². The Morgan fingerprint density at radius 2 is 1.90 bits per heavy atom. The first-order chi connectivity index (χ1) is 14.2. The zero-order valence-corrected chi connectivity index (χ0v) is 16.3. The second-order valence-corrected chi connectivity index (χ2v) is 6.68. The summed E-state index contributed by atoms with van der Waals surface area (Å²) in [7, 11) is 2.01. The second-order valence-electron chi connectivity index (χ2n) is 6.68. The van der Waals surface area contributed by atoms with Gasteiger partial charge in [0, 0.05) is 32.2 Å². The SMILES string of the molecule is Cc1cnccc1CN(C)c1ccc(-c2nc(COc3ccccc3)no2)cn1. The molecule has 0 amide bonds. The number of rotatable bonds is 7. The molecule has 4 rings (SSSR count). The van der Waals surface area contributed by atoms with Crippen LogP contribution in [0.1, 0.15) is 17.0 Å². The van der Waals surface area contributed by atoms with Gasteiger partial charge in [0.25, 0.3) is 5.89 Å². The highest BCUT2D eigenvalue weighted by Gasteiger charge is 2.11. The maximum absolute atomic E-state index is 5.65. The summed E-state index contributed by atoms with van der Waals surface area (Å²) in [5, 5.41) is 3.98. The molecule has 0 saturated carbocycles. The summed E-state index contributed by atoms with van der Waals surface area (Å²) in [4.78, 5) is 15.1. The van der Waals surface area contributed by atoms with E-state index in [1.807, 2.05) is 61.8 Å². The number of hydrogen-bond acceptors (Lipinski definition) is 7. The fraction of sp³-hybridized carbons (Fsp3) is 0.182. The molecule has 0 spiro atoms. The standard InChI is InChI=1S/C22H21N5O2/c1-16-12-23-11-10-18(16)14-27(2)21-9-8-17(13-24-21)22-25-20(26-29-22)15-28-19-6-4-3-5-7-19/h3-13H,14-15H2,1-2H3. The lowest BCUT2D eigenvalue weighted by molar-refractivity contribution is 0.287. The molecule has 0 N–H and O–H groups in total. The Morgan fingerprint density at radius 1 is 1.03 bits per heavy atom. The second kappa shape index (κ2) is 8.52. The molecule has 4 aromatic rings. The van der Waals surface area contributed by atoms with E-state index >= 15 is 0 Å². The number of para-hydroxylation sites is 1. The molecule has 0 saturated heterocycles. The fourth-order valence-corrected chi connectivity index (χ4v) is 2.85. The quantitative estimate of drug-likeness (QED) is 0.473. The molecule has 0 aliphatic heterocycles. The van der Waals surface area contributed by atoms with E-state index in [9.17, 15) is 0 Å². The molecule has 0 atom stereocenters. The van der Waals surface area contributed by atoms with Crippen LogP contribution < -0.4 is 9.64 Å². The Labute approximate surface area is 169 Å². The minimum Gasteiger partial charge on any atom is -0.485 e. The van der Waals surface area contributed by atoms with Crippen LogP contribution in [0.3, 0.4) is 0 Å². The van der Waals surface area contributed by atoms with Crippen molar-refractivity contribution in [2.75, 3.05) is 11.9 Å². The fourth-order valence-electron chi connectivity index (χ4n) is 2.85. The molecular formula is C22H21N5O2. The van der Waals surface area contributed by atoms with Gasteiger partial charge in [-0.05, 0) is 48.4 Å². The molecule has 1 aromatic carbocycles. The van der Waals surface area contributed by atoms with Crippen molar-refractivity contribution in [2.24, 2.45) is 0 Å². The van der Waals surface area contributed by atoms with Crippen LogP contribution >= 0.6 is 0 Å². The summed E-state index contributed by atoms with van der Waals surface area (Å²) >= 11 is 0. The number of nitrogens with zero attached hydrogens (tertiary/aromatic N) is 5. The highest BCUT2D eigenvalue weighted by molar-refractivity contribution is 5.54. The molecule has 146 valence electrons. The average molecular weight is 387 g/mol. The minimum absolute atomic E-state index is 0.243. The summed E-state index contributed by atoms with van der Waals surface area (Å²) < 4.78 is 11.0. The van der Waals surface area contributed by atoms with E-state index in [0.717, 1.165) is 29.2 Å². The Bertz CT molecular complexity index is 1060. The van der Waals surface area contributed by atoms with Crippen molar-refractivity contribution >= 4 is 5.82 Å². The van der Waals surface area contributed by atoms with E-state index in [0.29, 0.717) is 11.7 Å². The molecule has 0 aliphatic rings. The number of benzene rings is 1. The normalized spacial score (nSPS) is 10.7. The Balaban J connectivity index is 1.40. The van der Waals surface area contributed by atoms with E-state index in [2.05, 4.69) is 31.9 Å². The van der Waals surface area contributed by atoms with Gasteiger partial charge in [-0.25, -0.2) is 4.98 Å². The summed E-state index contributed by atoms with van der Waals surface area (Å²) in [6, 6.07) is 15.4. The van der Waals surface area contributed by atoms with Gasteiger partial charge in [0.05, 0.1) is 5.56 Å². The van der Waals surface area contributed by atoms with E-state index in [1.54, 1.807) is 12.4 Å². The first-order valence-electron chi connectivity index (χ1n) is 9.26. The third-order valence-electron chi connectivity index (χ3n) is 4.51. The van der Waals surface area contributed by atoms with Gasteiger partial charge in [-0.3, -0.25) is 4.98 Å². The third kappa shape index (κ3) is 4.57. The predicted octanol–water partition coefficient (Wildman–Crippen LogP) is 4.05. The smallest absolute Gasteiger partial charge is 0.259 e. The zero-order valence-electron chi connectivity index (χ0n) is 16.3. The van der Waals surface area contributed by atoms with Crippen molar-refractivity contribution in [1.82, 2.24) is 20.1 Å². The van der Waals surface area contributed by atoms with Crippen molar-refractivity contribution in [3.8, 4) is 17.2 Å². The maximum atomic E-state index is 5.65. The van der Waals surface area contributed by atoms with Crippen LogP contribution in [0.5, 0.6) is 5.75 Å². The summed E-state index contributed by atoms with van der Waals surface area (Å²) in [6.45, 7) is 3.05. The van der Waals surface area contributed by atoms with E-state index < -0.39 is 0 Å². The zero-order chi connectivity index (χ0) is 20.1. The summed E-state index contributed by atoms with van der Waals surface area (Å²) in [5.74, 6) is 2.52. The minimum atomic E-state index is 0.243. The highest BCUT2D eigenvalue weighted by atomic mass is 16.5. The van der Waals surface area contributed by atoms with Crippen molar-refractivity contribution in [3.63, 3.8) is 0 Å². The number of aryl methyl sites for hydroxylation is 1. The predicted molar refractivity (Wildman–Crippen MR) is 109 cm³/mol. The Hall–Kier alpha value is -3.74. The molecular weight excluding hydrogens is 366 g/mol. The molecule has 0 bridgehead atoms. The van der Waals surface area contributed by atoms with E-state index in [1.165, 1.54) is 5.56 Å². The Kier molecular flexibility index (Phi) is 5.47. The summed E-state index contributed by atoms with van der Waals surface area (Å²) in [6.07, 6.45) is 5.41. The van der Waals surface area contributed by atoms with Gasteiger partial charge in [-0.2, -0.15) is 4.98 Å². The van der Waals surface area contributed by atoms with Crippen molar-refractivity contribution < 1.29 is 9.26 Å². The van der Waals surface area contributed by atoms with Gasteiger partial charge in [-0.15, -0.1) is 0 Å². The molecule has 0 fully saturated rings. The van der Waals surface area contributed by atoms with Gasteiger partial charge >= 0.3 is 0 Å². The molecule has 29 heavy (non-hydrogen) atoms. The van der Waals surface area contributed by atoms with Crippen LogP contribution in [0.2, 0.25) is 0 Å². The van der Waals surface area contributed by atoms with Crippen LogP contribution in [-0.2, 0) is 13.2 Å². The van der Waals surface area contributed by atoms with Gasteiger partial charge in [-0.1, -0.05) is 23.4 Å². The molecule has 0 radical (unpaired) electrons. The lowest BCUT2D eigenvalue weighted by Gasteiger charge is -2.19. The van der Waals surface area contributed by atoms with Gasteiger partial charge in [0.2, 0.25) is 5.82 Å². The molecule has 3 aromatic heterocycles. The molecule has 0 unspecified atom stereocenters. The largest absolute Gasteiger partial charge is 0.485 e. The van der Waals surface area contributed by atoms with Crippen LogP contribution in [0.15, 0.2) is 71.6 Å². The molecule has 7 heteroatoms. The molecule has 3 heterocycles. The lowest BCUT2D eigenvalue weighted by Crippen LogP contribution is -2.18. The molecule has 7 nitrogen and oxygen atoms in total. The molecule has 0 aliphatic carbocycles. The number of ether oxygens (including phenoxy) is 1. The number of hydrogen-bond donors (Lipinski definition) is 0. The van der Waals surface area contributed by atoms with Crippen molar-refractivity contribution in [2.45, 2.75) is 20.1 Å². The van der Waals surface area contributed by atoms with Crippen LogP contribution in [0, 0.1) is 6.92 Å². The maximum Gasteiger partial charge on any atom is 0.259 e. The first-order valence-corrected chi connectivity index (χ1v) is 9.26. The average Bonchev–Trinajstić information content (AvgIpc) is 3.24. The Morgan fingerprint density at radius 3 is 2.66 bits per heavy atom. The highest BCUT2D eigenvalue weighted by Crippen LogP contribution is 2.21.